The Kier molecular flexibility index (Phi) is 4.02. The van der Waals surface area contributed by atoms with Crippen LogP contribution in [-0.4, -0.2) is 4.98 Å². The van der Waals surface area contributed by atoms with Crippen LogP contribution < -0.4 is 0 Å². The molecular formula is C24H37N. The number of aromatic nitrogens is 1. The Morgan fingerprint density at radius 3 is 2.56 bits per heavy atom. The summed E-state index contributed by atoms with van der Waals surface area (Å²) in [6.07, 6.45) is 13.0. The minimum Gasteiger partial charge on any atom is -0.365 e. The highest BCUT2D eigenvalue weighted by Gasteiger charge is 2.62. The van der Waals surface area contributed by atoms with E-state index in [0.29, 0.717) is 22.2 Å². The van der Waals surface area contributed by atoms with Gasteiger partial charge in [-0.3, -0.25) is 0 Å². The number of fused-ring (bicyclic) bond motifs is 3. The summed E-state index contributed by atoms with van der Waals surface area (Å²) < 4.78 is 0. The summed E-state index contributed by atoms with van der Waals surface area (Å²) in [4.78, 5) is 3.38. The van der Waals surface area contributed by atoms with Crippen LogP contribution in [-0.2, 0) is 6.42 Å². The van der Waals surface area contributed by atoms with Gasteiger partial charge in [-0.05, 0) is 84.7 Å². The summed E-state index contributed by atoms with van der Waals surface area (Å²) in [5, 5.41) is 0. The quantitative estimate of drug-likeness (QED) is 0.585. The van der Waals surface area contributed by atoms with Crippen molar-refractivity contribution in [2.45, 2.75) is 79.1 Å². The van der Waals surface area contributed by atoms with E-state index in [2.05, 4.69) is 51.4 Å². The van der Waals surface area contributed by atoms with Gasteiger partial charge in [0, 0.05) is 18.3 Å². The van der Waals surface area contributed by atoms with Gasteiger partial charge in [-0.15, -0.1) is 0 Å². The zero-order valence-corrected chi connectivity index (χ0v) is 16.8. The molecular weight excluding hydrogens is 302 g/mol. The van der Waals surface area contributed by atoms with E-state index in [4.69, 9.17) is 0 Å². The molecule has 1 aromatic rings. The van der Waals surface area contributed by atoms with Crippen molar-refractivity contribution in [3.05, 3.63) is 36.2 Å². The van der Waals surface area contributed by atoms with E-state index in [1.54, 1.807) is 0 Å². The second-order valence-electron chi connectivity index (χ2n) is 10.7. The second-order valence-corrected chi connectivity index (χ2v) is 10.7. The van der Waals surface area contributed by atoms with Gasteiger partial charge in [0.2, 0.25) is 0 Å². The molecule has 0 bridgehead atoms. The average molecular weight is 340 g/mol. The predicted octanol–water partition coefficient (Wildman–Crippen LogP) is 6.77. The molecule has 0 radical (unpaired) electrons. The fraction of sp³-hybridized carbons (Fsp3) is 0.750. The van der Waals surface area contributed by atoms with Gasteiger partial charge in [-0.1, -0.05) is 46.3 Å². The lowest BCUT2D eigenvalue weighted by molar-refractivity contribution is -0.123. The molecule has 3 aliphatic rings. The molecule has 5 atom stereocenters. The Labute approximate surface area is 154 Å². The number of hydrogen-bond acceptors (Lipinski definition) is 0. The molecule has 0 amide bonds. The van der Waals surface area contributed by atoms with E-state index in [1.165, 1.54) is 56.2 Å². The summed E-state index contributed by atoms with van der Waals surface area (Å²) in [7, 11) is 0. The molecule has 3 saturated carbocycles. The molecule has 1 heteroatoms. The molecule has 0 aliphatic heterocycles. The van der Waals surface area contributed by atoms with E-state index in [0.717, 1.165) is 18.3 Å². The molecule has 4 rings (SSSR count). The van der Waals surface area contributed by atoms with Gasteiger partial charge in [-0.2, -0.15) is 0 Å². The van der Waals surface area contributed by atoms with E-state index in [9.17, 15) is 0 Å². The number of nitrogens with one attached hydrogen (secondary N) is 1. The highest BCUT2D eigenvalue weighted by Crippen LogP contribution is 2.70. The van der Waals surface area contributed by atoms with Gasteiger partial charge >= 0.3 is 0 Å². The van der Waals surface area contributed by atoms with Crippen molar-refractivity contribution < 1.29 is 0 Å². The summed E-state index contributed by atoms with van der Waals surface area (Å²) in [5.74, 6) is 2.52. The van der Waals surface area contributed by atoms with Gasteiger partial charge in [-0.25, -0.2) is 0 Å². The zero-order chi connectivity index (χ0) is 17.9. The molecule has 138 valence electrons. The first-order chi connectivity index (χ1) is 11.8. The largest absolute Gasteiger partial charge is 0.365 e. The number of hydrogen-bond donors (Lipinski definition) is 1. The van der Waals surface area contributed by atoms with Gasteiger partial charge in [0.15, 0.2) is 0 Å². The van der Waals surface area contributed by atoms with Crippen molar-refractivity contribution in [1.82, 2.24) is 4.98 Å². The van der Waals surface area contributed by atoms with Crippen LogP contribution in [0.2, 0.25) is 0 Å². The SMILES string of the molecule is C=C(Cc1ccc[nH]1)[C@H]1CCC2[C@@]1(C)CC[C@H]1C(C)(C)CCC[C@]21C. The van der Waals surface area contributed by atoms with E-state index < -0.39 is 0 Å². The number of allylic oxidation sites excluding steroid dienone is 1. The maximum absolute atomic E-state index is 4.58. The number of aromatic amines is 1. The molecule has 25 heavy (non-hydrogen) atoms. The smallest absolute Gasteiger partial charge is 0.0188 e. The Morgan fingerprint density at radius 2 is 1.84 bits per heavy atom. The van der Waals surface area contributed by atoms with Crippen LogP contribution in [0.3, 0.4) is 0 Å². The fourth-order valence-electron chi connectivity index (χ4n) is 7.94. The van der Waals surface area contributed by atoms with Crippen molar-refractivity contribution in [3.63, 3.8) is 0 Å². The average Bonchev–Trinajstić information content (AvgIpc) is 3.13. The maximum Gasteiger partial charge on any atom is 0.0188 e. The maximum atomic E-state index is 4.58. The predicted molar refractivity (Wildman–Crippen MR) is 106 cm³/mol. The topological polar surface area (TPSA) is 15.8 Å². The van der Waals surface area contributed by atoms with Crippen LogP contribution in [0.1, 0.15) is 78.3 Å². The Balaban J connectivity index is 1.60. The van der Waals surface area contributed by atoms with Crippen molar-refractivity contribution in [2.75, 3.05) is 0 Å². The highest BCUT2D eigenvalue weighted by molar-refractivity contribution is 5.22. The third-order valence-corrected chi connectivity index (χ3v) is 8.95. The van der Waals surface area contributed by atoms with E-state index in [-0.39, 0.29) is 0 Å². The third kappa shape index (κ3) is 2.56. The minimum atomic E-state index is 0.475. The lowest BCUT2D eigenvalue weighted by Crippen LogP contribution is -2.54. The Morgan fingerprint density at radius 1 is 1.04 bits per heavy atom. The molecule has 1 unspecified atom stereocenters. The molecule has 0 saturated heterocycles. The summed E-state index contributed by atoms with van der Waals surface area (Å²) in [6.45, 7) is 15.0. The number of H-pyrrole nitrogens is 1. The lowest BCUT2D eigenvalue weighted by atomic mass is 9.43. The summed E-state index contributed by atoms with van der Waals surface area (Å²) >= 11 is 0. The van der Waals surface area contributed by atoms with Crippen molar-refractivity contribution in [1.29, 1.82) is 0 Å². The van der Waals surface area contributed by atoms with Crippen molar-refractivity contribution in [2.24, 2.45) is 34.0 Å². The summed E-state index contributed by atoms with van der Waals surface area (Å²) in [5.41, 5.74) is 4.37. The van der Waals surface area contributed by atoms with Gasteiger partial charge in [0.05, 0.1) is 0 Å². The molecule has 1 heterocycles. The monoisotopic (exact) mass is 339 g/mol. The van der Waals surface area contributed by atoms with Crippen LogP contribution in [0.15, 0.2) is 30.5 Å². The van der Waals surface area contributed by atoms with Crippen LogP contribution in [0.4, 0.5) is 0 Å². The molecule has 1 nitrogen and oxygen atoms in total. The van der Waals surface area contributed by atoms with E-state index >= 15 is 0 Å². The first-order valence-corrected chi connectivity index (χ1v) is 10.6. The lowest BCUT2D eigenvalue weighted by Gasteiger charge is -2.62. The second kappa shape index (κ2) is 5.76. The van der Waals surface area contributed by atoms with Crippen LogP contribution in [0, 0.1) is 34.0 Å². The zero-order valence-electron chi connectivity index (χ0n) is 16.8. The third-order valence-electron chi connectivity index (χ3n) is 8.95. The highest BCUT2D eigenvalue weighted by atomic mass is 14.7. The number of rotatable bonds is 3. The fourth-order valence-corrected chi connectivity index (χ4v) is 7.94. The van der Waals surface area contributed by atoms with Crippen LogP contribution >= 0.6 is 0 Å². The van der Waals surface area contributed by atoms with Crippen LogP contribution in [0.25, 0.3) is 0 Å². The van der Waals surface area contributed by atoms with Gasteiger partial charge in [0.25, 0.3) is 0 Å². The Hall–Kier alpha value is -0.980. The van der Waals surface area contributed by atoms with E-state index in [1.807, 2.05) is 6.20 Å². The van der Waals surface area contributed by atoms with Crippen LogP contribution in [0.5, 0.6) is 0 Å². The minimum absolute atomic E-state index is 0.475. The standard InChI is InChI=1S/C24H37N/c1-17(16-18-8-6-15-25-18)19-9-10-21-23(19,4)14-11-20-22(2,3)12-7-13-24(20,21)5/h6,8,15,19-21,25H,1,7,9-14,16H2,2-5H3/t19-,20+,21?,23+,24+/m1/s1. The molecule has 1 N–H and O–H groups in total. The molecule has 3 fully saturated rings. The Bertz CT molecular complexity index is 639. The van der Waals surface area contributed by atoms with Gasteiger partial charge < -0.3 is 4.98 Å². The molecule has 0 aromatic carbocycles. The van der Waals surface area contributed by atoms with Gasteiger partial charge in [0.1, 0.15) is 0 Å². The first-order valence-electron chi connectivity index (χ1n) is 10.6. The molecule has 0 spiro atoms. The van der Waals surface area contributed by atoms with Crippen molar-refractivity contribution in [3.8, 4) is 0 Å². The van der Waals surface area contributed by atoms with Crippen molar-refractivity contribution >= 4 is 0 Å². The first kappa shape index (κ1) is 17.4. The normalized spacial score (nSPS) is 42.6. The molecule has 1 aromatic heterocycles. The summed E-state index contributed by atoms with van der Waals surface area (Å²) in [6, 6.07) is 4.32. The molecule has 3 aliphatic carbocycles.